The zero-order valence-corrected chi connectivity index (χ0v) is 9.07. The van der Waals surface area contributed by atoms with Gasteiger partial charge in [-0.05, 0) is 13.0 Å². The Hall–Kier alpha value is -1.91. The summed E-state index contributed by atoms with van der Waals surface area (Å²) in [6.07, 6.45) is 5.17. The molecule has 0 unspecified atom stereocenters. The van der Waals surface area contributed by atoms with Gasteiger partial charge in [0, 0.05) is 11.8 Å². The van der Waals surface area contributed by atoms with Crippen LogP contribution >= 0.6 is 0 Å². The van der Waals surface area contributed by atoms with Crippen LogP contribution in [0.1, 0.15) is 22.8 Å². The van der Waals surface area contributed by atoms with E-state index in [4.69, 9.17) is 4.74 Å². The van der Waals surface area contributed by atoms with Crippen molar-refractivity contribution in [3.8, 4) is 0 Å². The molecule has 0 N–H and O–H groups in total. The van der Waals surface area contributed by atoms with Crippen molar-refractivity contribution in [1.82, 2.24) is 4.98 Å². The first-order chi connectivity index (χ1) is 7.70. The summed E-state index contributed by atoms with van der Waals surface area (Å²) in [6, 6.07) is 0. The highest BCUT2D eigenvalue weighted by molar-refractivity contribution is 5.93. The Labute approximate surface area is 92.7 Å². The Morgan fingerprint density at radius 3 is 2.94 bits per heavy atom. The van der Waals surface area contributed by atoms with Gasteiger partial charge in [0.05, 0.1) is 26.2 Å². The highest BCUT2D eigenvalue weighted by Gasteiger charge is 2.16. The van der Waals surface area contributed by atoms with Gasteiger partial charge in [-0.15, -0.1) is 0 Å². The van der Waals surface area contributed by atoms with E-state index in [0.717, 1.165) is 6.20 Å². The van der Waals surface area contributed by atoms with E-state index >= 15 is 0 Å². The van der Waals surface area contributed by atoms with Crippen LogP contribution in [0.3, 0.4) is 0 Å². The fourth-order valence-electron chi connectivity index (χ4n) is 1.11. The molecule has 0 radical (unpaired) electrons. The van der Waals surface area contributed by atoms with E-state index in [9.17, 15) is 9.18 Å². The number of carbonyl (C=O) groups excluding carboxylic acids is 1. The fourth-order valence-corrected chi connectivity index (χ4v) is 1.11. The smallest absolute Gasteiger partial charge is 0.341 e. The van der Waals surface area contributed by atoms with Gasteiger partial charge >= 0.3 is 5.97 Å². The Morgan fingerprint density at radius 2 is 2.31 bits per heavy atom. The SMILES string of the molecule is CCOC=Cc1cncc(F)c1C(=O)OC. The lowest BCUT2D eigenvalue weighted by molar-refractivity contribution is 0.0595. The molecule has 0 bridgehead atoms. The van der Waals surface area contributed by atoms with Gasteiger partial charge in [0.1, 0.15) is 5.56 Å². The molecule has 0 atom stereocenters. The monoisotopic (exact) mass is 225 g/mol. The molecule has 0 fully saturated rings. The van der Waals surface area contributed by atoms with Crippen LogP contribution in [0.5, 0.6) is 0 Å². The normalized spacial score (nSPS) is 10.4. The summed E-state index contributed by atoms with van der Waals surface area (Å²) in [4.78, 5) is 15.0. The molecule has 0 spiro atoms. The topological polar surface area (TPSA) is 48.4 Å². The van der Waals surface area contributed by atoms with E-state index in [-0.39, 0.29) is 5.56 Å². The van der Waals surface area contributed by atoms with E-state index in [2.05, 4.69) is 9.72 Å². The van der Waals surface area contributed by atoms with Gasteiger partial charge in [0.15, 0.2) is 5.82 Å². The van der Waals surface area contributed by atoms with Crippen molar-refractivity contribution in [3.63, 3.8) is 0 Å². The number of hydrogen-bond donors (Lipinski definition) is 0. The molecule has 16 heavy (non-hydrogen) atoms. The molecule has 0 saturated heterocycles. The number of pyridine rings is 1. The Bertz CT molecular complexity index is 404. The van der Waals surface area contributed by atoms with E-state index in [1.807, 2.05) is 6.92 Å². The molecule has 4 nitrogen and oxygen atoms in total. The lowest BCUT2D eigenvalue weighted by atomic mass is 10.1. The van der Waals surface area contributed by atoms with Crippen LogP contribution in [0.4, 0.5) is 4.39 Å². The van der Waals surface area contributed by atoms with Crippen molar-refractivity contribution in [3.05, 3.63) is 35.6 Å². The zero-order chi connectivity index (χ0) is 12.0. The molecule has 1 aromatic rings. The first kappa shape index (κ1) is 12.2. The summed E-state index contributed by atoms with van der Waals surface area (Å²) in [5.74, 6) is -1.46. The van der Waals surface area contributed by atoms with Crippen molar-refractivity contribution in [2.75, 3.05) is 13.7 Å². The second-order valence-electron chi connectivity index (χ2n) is 2.84. The molecule has 86 valence electrons. The number of methoxy groups -OCH3 is 1. The van der Waals surface area contributed by atoms with E-state index in [0.29, 0.717) is 12.2 Å². The third-order valence-corrected chi connectivity index (χ3v) is 1.83. The van der Waals surface area contributed by atoms with E-state index < -0.39 is 11.8 Å². The van der Waals surface area contributed by atoms with Crippen LogP contribution in [0.2, 0.25) is 0 Å². The molecule has 0 aliphatic rings. The van der Waals surface area contributed by atoms with Gasteiger partial charge in [-0.1, -0.05) is 0 Å². The predicted molar refractivity (Wildman–Crippen MR) is 56.2 cm³/mol. The maximum absolute atomic E-state index is 13.4. The van der Waals surface area contributed by atoms with Gasteiger partial charge in [-0.2, -0.15) is 0 Å². The summed E-state index contributed by atoms with van der Waals surface area (Å²) in [6.45, 7) is 2.31. The molecule has 5 heteroatoms. The van der Waals surface area contributed by atoms with Gasteiger partial charge < -0.3 is 9.47 Å². The minimum atomic E-state index is -0.740. The maximum atomic E-state index is 13.4. The number of hydrogen-bond acceptors (Lipinski definition) is 4. The highest BCUT2D eigenvalue weighted by atomic mass is 19.1. The molecule has 0 aromatic carbocycles. The predicted octanol–water partition coefficient (Wildman–Crippen LogP) is 2.01. The van der Waals surface area contributed by atoms with Crippen LogP contribution in [-0.2, 0) is 9.47 Å². The summed E-state index contributed by atoms with van der Waals surface area (Å²) >= 11 is 0. The number of halogens is 1. The Morgan fingerprint density at radius 1 is 1.56 bits per heavy atom. The van der Waals surface area contributed by atoms with Crippen molar-refractivity contribution < 1.29 is 18.7 Å². The maximum Gasteiger partial charge on any atom is 0.341 e. The molecular formula is C11H12FNO3. The molecule has 0 amide bonds. The summed E-state index contributed by atoms with van der Waals surface area (Å²) in [5.41, 5.74) is 0.175. The van der Waals surface area contributed by atoms with Crippen LogP contribution < -0.4 is 0 Å². The Balaban J connectivity index is 3.08. The van der Waals surface area contributed by atoms with Crippen molar-refractivity contribution in [2.24, 2.45) is 0 Å². The number of nitrogens with zero attached hydrogens (tertiary/aromatic N) is 1. The summed E-state index contributed by atoms with van der Waals surface area (Å²) < 4.78 is 22.8. The molecule has 1 rings (SSSR count). The first-order valence-electron chi connectivity index (χ1n) is 4.70. The average Bonchev–Trinajstić information content (AvgIpc) is 2.29. The third-order valence-electron chi connectivity index (χ3n) is 1.83. The minimum absolute atomic E-state index is 0.145. The molecule has 1 aromatic heterocycles. The summed E-state index contributed by atoms with van der Waals surface area (Å²) in [5, 5.41) is 0. The van der Waals surface area contributed by atoms with Crippen LogP contribution in [0.25, 0.3) is 6.08 Å². The largest absolute Gasteiger partial charge is 0.501 e. The van der Waals surface area contributed by atoms with Crippen molar-refractivity contribution >= 4 is 12.0 Å². The standard InChI is InChI=1S/C11H12FNO3/c1-3-16-5-4-8-6-13-7-9(12)10(8)11(14)15-2/h4-7H,3H2,1-2H3. The summed E-state index contributed by atoms with van der Waals surface area (Å²) in [7, 11) is 1.19. The molecule has 0 saturated carbocycles. The highest BCUT2D eigenvalue weighted by Crippen LogP contribution is 2.14. The quantitative estimate of drug-likeness (QED) is 0.581. The molecule has 0 aliphatic carbocycles. The fraction of sp³-hybridized carbons (Fsp3) is 0.273. The van der Waals surface area contributed by atoms with Gasteiger partial charge in [-0.3, -0.25) is 4.98 Å². The molecule has 1 heterocycles. The number of ether oxygens (including phenoxy) is 2. The lowest BCUT2D eigenvalue weighted by Gasteiger charge is -2.04. The second kappa shape index (κ2) is 5.85. The van der Waals surface area contributed by atoms with Crippen LogP contribution in [-0.4, -0.2) is 24.7 Å². The van der Waals surface area contributed by atoms with E-state index in [1.54, 1.807) is 0 Å². The van der Waals surface area contributed by atoms with Crippen molar-refractivity contribution in [2.45, 2.75) is 6.92 Å². The van der Waals surface area contributed by atoms with Crippen LogP contribution in [0.15, 0.2) is 18.7 Å². The van der Waals surface area contributed by atoms with Gasteiger partial charge in [0.2, 0.25) is 0 Å². The number of aromatic nitrogens is 1. The Kier molecular flexibility index (Phi) is 4.44. The third kappa shape index (κ3) is 2.79. The van der Waals surface area contributed by atoms with E-state index in [1.165, 1.54) is 25.6 Å². The zero-order valence-electron chi connectivity index (χ0n) is 9.07. The van der Waals surface area contributed by atoms with Crippen molar-refractivity contribution in [1.29, 1.82) is 0 Å². The van der Waals surface area contributed by atoms with Gasteiger partial charge in [0.25, 0.3) is 0 Å². The van der Waals surface area contributed by atoms with Gasteiger partial charge in [-0.25, -0.2) is 9.18 Å². The lowest BCUT2D eigenvalue weighted by Crippen LogP contribution is -2.07. The second-order valence-corrected chi connectivity index (χ2v) is 2.84. The molecular weight excluding hydrogens is 213 g/mol. The van der Waals surface area contributed by atoms with Crippen LogP contribution in [0, 0.1) is 5.82 Å². The number of esters is 1. The first-order valence-corrected chi connectivity index (χ1v) is 4.70. The number of rotatable bonds is 4. The minimum Gasteiger partial charge on any atom is -0.501 e. The number of carbonyl (C=O) groups is 1. The average molecular weight is 225 g/mol. The molecule has 0 aliphatic heterocycles.